The summed E-state index contributed by atoms with van der Waals surface area (Å²) in [6.45, 7) is 0. The van der Waals surface area contributed by atoms with E-state index in [0.29, 0.717) is 6.42 Å². The van der Waals surface area contributed by atoms with Gasteiger partial charge in [0.2, 0.25) is 0 Å². The van der Waals surface area contributed by atoms with Crippen molar-refractivity contribution < 1.29 is 14.6 Å². The highest BCUT2D eigenvalue weighted by Crippen LogP contribution is 2.20. The number of hydrogen-bond donors (Lipinski definition) is 2. The van der Waals surface area contributed by atoms with Crippen LogP contribution in [0.1, 0.15) is 25.7 Å². The number of aliphatic hydroxyl groups excluding tert-OH is 1. The molecular formula is C7H13NO3. The Kier molecular flexibility index (Phi) is 2.70. The first-order valence-corrected chi connectivity index (χ1v) is 3.82. The number of hydrogen-bond acceptors (Lipinski definition) is 3. The van der Waals surface area contributed by atoms with Gasteiger partial charge in [0.05, 0.1) is 6.10 Å². The van der Waals surface area contributed by atoms with Gasteiger partial charge in [0.1, 0.15) is 6.10 Å². The topological polar surface area (TPSA) is 72.6 Å². The molecular weight excluding hydrogens is 146 g/mol. The van der Waals surface area contributed by atoms with Crippen LogP contribution in [-0.4, -0.2) is 23.4 Å². The van der Waals surface area contributed by atoms with E-state index >= 15 is 0 Å². The number of nitrogens with two attached hydrogens (primary N) is 1. The number of ether oxygens (including phenoxy) is 1. The minimum absolute atomic E-state index is 0.170. The van der Waals surface area contributed by atoms with Crippen LogP contribution in [-0.2, 0) is 4.74 Å². The summed E-state index contributed by atoms with van der Waals surface area (Å²) in [5.74, 6) is 0. The molecule has 0 radical (unpaired) electrons. The molecule has 0 aromatic rings. The van der Waals surface area contributed by atoms with Gasteiger partial charge in [-0.05, 0) is 19.3 Å². The third-order valence-corrected chi connectivity index (χ3v) is 1.88. The first kappa shape index (κ1) is 8.33. The van der Waals surface area contributed by atoms with Gasteiger partial charge in [-0.1, -0.05) is 0 Å². The Balaban J connectivity index is 2.28. The maximum atomic E-state index is 10.3. The molecule has 64 valence electrons. The van der Waals surface area contributed by atoms with E-state index in [-0.39, 0.29) is 12.2 Å². The van der Waals surface area contributed by atoms with Crippen LogP contribution in [0.5, 0.6) is 0 Å². The molecule has 0 bridgehead atoms. The molecule has 0 aromatic carbocycles. The molecule has 1 fully saturated rings. The predicted octanol–water partition coefficient (Wildman–Crippen LogP) is 0.385. The van der Waals surface area contributed by atoms with Crippen molar-refractivity contribution in [2.24, 2.45) is 5.73 Å². The Morgan fingerprint density at radius 1 is 1.55 bits per heavy atom. The molecule has 0 aliphatic heterocycles. The Hall–Kier alpha value is -0.770. The molecule has 0 spiro atoms. The number of carbonyl (C=O) groups is 1. The molecule has 3 N–H and O–H groups in total. The van der Waals surface area contributed by atoms with E-state index < -0.39 is 6.09 Å². The van der Waals surface area contributed by atoms with Crippen molar-refractivity contribution in [1.82, 2.24) is 0 Å². The van der Waals surface area contributed by atoms with E-state index in [1.807, 2.05) is 0 Å². The van der Waals surface area contributed by atoms with Crippen LogP contribution in [0, 0.1) is 0 Å². The maximum absolute atomic E-state index is 10.3. The number of rotatable bonds is 1. The van der Waals surface area contributed by atoms with Crippen molar-refractivity contribution in [2.45, 2.75) is 37.9 Å². The van der Waals surface area contributed by atoms with Crippen LogP contribution in [0.25, 0.3) is 0 Å². The quantitative estimate of drug-likeness (QED) is 0.581. The highest BCUT2D eigenvalue weighted by atomic mass is 16.6. The summed E-state index contributed by atoms with van der Waals surface area (Å²) in [4.78, 5) is 10.3. The van der Waals surface area contributed by atoms with Crippen molar-refractivity contribution in [3.63, 3.8) is 0 Å². The molecule has 0 heterocycles. The average molecular weight is 159 g/mol. The van der Waals surface area contributed by atoms with Gasteiger partial charge >= 0.3 is 6.09 Å². The van der Waals surface area contributed by atoms with Gasteiger partial charge in [-0.15, -0.1) is 0 Å². The first-order chi connectivity index (χ1) is 5.18. The lowest BCUT2D eigenvalue weighted by Crippen LogP contribution is -2.30. The Morgan fingerprint density at radius 2 is 2.27 bits per heavy atom. The second-order valence-corrected chi connectivity index (χ2v) is 2.88. The van der Waals surface area contributed by atoms with Gasteiger partial charge in [0.15, 0.2) is 0 Å². The number of carbonyl (C=O) groups excluding carboxylic acids is 1. The fraction of sp³-hybridized carbons (Fsp3) is 0.857. The third kappa shape index (κ3) is 2.76. The lowest BCUT2D eigenvalue weighted by molar-refractivity contribution is 0.0267. The molecule has 1 aliphatic carbocycles. The van der Waals surface area contributed by atoms with Crippen LogP contribution < -0.4 is 5.73 Å². The summed E-state index contributed by atoms with van der Waals surface area (Å²) in [5.41, 5.74) is 4.83. The van der Waals surface area contributed by atoms with Crippen molar-refractivity contribution >= 4 is 6.09 Å². The van der Waals surface area contributed by atoms with Crippen LogP contribution >= 0.6 is 0 Å². The van der Waals surface area contributed by atoms with E-state index in [9.17, 15) is 4.79 Å². The Bertz CT molecular complexity index is 149. The van der Waals surface area contributed by atoms with Crippen LogP contribution in [0.4, 0.5) is 4.79 Å². The molecule has 0 saturated heterocycles. The maximum Gasteiger partial charge on any atom is 0.404 e. The molecule has 2 atom stereocenters. The van der Waals surface area contributed by atoms with Crippen LogP contribution in [0.15, 0.2) is 0 Å². The number of aliphatic hydroxyl groups is 1. The van der Waals surface area contributed by atoms with Gasteiger partial charge in [0, 0.05) is 6.42 Å². The fourth-order valence-corrected chi connectivity index (χ4v) is 1.39. The molecule has 0 unspecified atom stereocenters. The lowest BCUT2D eigenvalue weighted by atomic mass is 9.95. The zero-order chi connectivity index (χ0) is 8.27. The minimum Gasteiger partial charge on any atom is -0.446 e. The molecule has 1 saturated carbocycles. The second kappa shape index (κ2) is 3.57. The summed E-state index contributed by atoms with van der Waals surface area (Å²) in [7, 11) is 0. The predicted molar refractivity (Wildman–Crippen MR) is 38.9 cm³/mol. The molecule has 1 amide bonds. The molecule has 4 nitrogen and oxygen atoms in total. The summed E-state index contributed by atoms with van der Waals surface area (Å²) < 4.78 is 4.74. The highest BCUT2D eigenvalue weighted by Gasteiger charge is 2.22. The molecule has 1 aliphatic rings. The van der Waals surface area contributed by atoms with Crippen molar-refractivity contribution in [1.29, 1.82) is 0 Å². The summed E-state index contributed by atoms with van der Waals surface area (Å²) in [6, 6.07) is 0. The summed E-state index contributed by atoms with van der Waals surface area (Å²) in [5, 5.41) is 9.16. The van der Waals surface area contributed by atoms with Crippen LogP contribution in [0.3, 0.4) is 0 Å². The summed E-state index contributed by atoms with van der Waals surface area (Å²) >= 11 is 0. The van der Waals surface area contributed by atoms with Gasteiger partial charge in [0.25, 0.3) is 0 Å². The van der Waals surface area contributed by atoms with Crippen molar-refractivity contribution in [3.05, 3.63) is 0 Å². The smallest absolute Gasteiger partial charge is 0.404 e. The van der Waals surface area contributed by atoms with E-state index in [0.717, 1.165) is 19.3 Å². The van der Waals surface area contributed by atoms with Gasteiger partial charge in [-0.25, -0.2) is 4.79 Å². The van der Waals surface area contributed by atoms with Gasteiger partial charge < -0.3 is 15.6 Å². The third-order valence-electron chi connectivity index (χ3n) is 1.88. The largest absolute Gasteiger partial charge is 0.446 e. The van der Waals surface area contributed by atoms with E-state index in [4.69, 9.17) is 15.6 Å². The zero-order valence-electron chi connectivity index (χ0n) is 6.32. The normalized spacial score (nSPS) is 31.4. The second-order valence-electron chi connectivity index (χ2n) is 2.88. The molecule has 11 heavy (non-hydrogen) atoms. The first-order valence-electron chi connectivity index (χ1n) is 3.82. The highest BCUT2D eigenvalue weighted by molar-refractivity contribution is 5.64. The molecule has 1 rings (SSSR count). The number of amides is 1. The van der Waals surface area contributed by atoms with Crippen LogP contribution in [0.2, 0.25) is 0 Å². The Morgan fingerprint density at radius 3 is 2.82 bits per heavy atom. The fourth-order valence-electron chi connectivity index (χ4n) is 1.39. The SMILES string of the molecule is NC(=O)O[C@@H]1CCC[C@H](O)C1. The molecule has 4 heteroatoms. The Labute approximate surface area is 65.3 Å². The zero-order valence-corrected chi connectivity index (χ0v) is 6.32. The summed E-state index contributed by atoms with van der Waals surface area (Å²) in [6.07, 6.45) is 1.81. The molecule has 0 aromatic heterocycles. The average Bonchev–Trinajstić information content (AvgIpc) is 1.85. The van der Waals surface area contributed by atoms with E-state index in [1.54, 1.807) is 0 Å². The van der Waals surface area contributed by atoms with E-state index in [1.165, 1.54) is 0 Å². The van der Waals surface area contributed by atoms with E-state index in [2.05, 4.69) is 0 Å². The van der Waals surface area contributed by atoms with Crippen molar-refractivity contribution in [3.8, 4) is 0 Å². The standard InChI is InChI=1S/C7H13NO3/c8-7(10)11-6-3-1-2-5(9)4-6/h5-6,9H,1-4H2,(H2,8,10)/t5-,6+/m0/s1. The number of primary amides is 1. The lowest BCUT2D eigenvalue weighted by Gasteiger charge is -2.24. The monoisotopic (exact) mass is 159 g/mol. The van der Waals surface area contributed by atoms with Gasteiger partial charge in [-0.3, -0.25) is 0 Å². The van der Waals surface area contributed by atoms with Gasteiger partial charge in [-0.2, -0.15) is 0 Å². The minimum atomic E-state index is -0.746. The van der Waals surface area contributed by atoms with Crippen molar-refractivity contribution in [2.75, 3.05) is 0 Å².